The molecule has 1 N–H and O–H groups in total. The van der Waals surface area contributed by atoms with Gasteiger partial charge in [0.1, 0.15) is 10.6 Å². The topological polar surface area (TPSA) is 69.0 Å². The fourth-order valence-electron chi connectivity index (χ4n) is 2.33. The third kappa shape index (κ3) is 3.30. The first-order valence-electron chi connectivity index (χ1n) is 7.46. The number of ether oxygens (including phenoxy) is 1. The van der Waals surface area contributed by atoms with Gasteiger partial charge in [0.25, 0.3) is 5.91 Å². The molecule has 2 heterocycles. The summed E-state index contributed by atoms with van der Waals surface area (Å²) in [5.41, 5.74) is 2.43. The van der Waals surface area contributed by atoms with Gasteiger partial charge in [0.2, 0.25) is 5.88 Å². The van der Waals surface area contributed by atoms with E-state index in [0.717, 1.165) is 21.1 Å². The number of aromatic nitrogens is 3. The van der Waals surface area contributed by atoms with Crippen molar-refractivity contribution in [3.63, 3.8) is 0 Å². The van der Waals surface area contributed by atoms with Crippen molar-refractivity contribution in [3.8, 4) is 16.5 Å². The normalized spacial score (nSPS) is 10.6. The SMILES string of the molecule is COc1nn(C)cc1C(=O)NCc1sc(-c2ccccc2)nc1C. The second-order valence-corrected chi connectivity index (χ2v) is 6.39. The Morgan fingerprint density at radius 1 is 1.33 bits per heavy atom. The van der Waals surface area contributed by atoms with E-state index in [1.165, 1.54) is 7.11 Å². The van der Waals surface area contributed by atoms with E-state index < -0.39 is 0 Å². The van der Waals surface area contributed by atoms with Crippen molar-refractivity contribution >= 4 is 17.2 Å². The van der Waals surface area contributed by atoms with E-state index in [1.807, 2.05) is 37.3 Å². The lowest BCUT2D eigenvalue weighted by Gasteiger charge is -2.03. The van der Waals surface area contributed by atoms with Crippen LogP contribution in [0.5, 0.6) is 5.88 Å². The Bertz CT molecular complexity index is 855. The van der Waals surface area contributed by atoms with Crippen LogP contribution in [0, 0.1) is 6.92 Å². The second-order valence-electron chi connectivity index (χ2n) is 5.30. The van der Waals surface area contributed by atoms with E-state index in [2.05, 4.69) is 15.4 Å². The van der Waals surface area contributed by atoms with Crippen molar-refractivity contribution < 1.29 is 9.53 Å². The highest BCUT2D eigenvalue weighted by molar-refractivity contribution is 7.15. The second kappa shape index (κ2) is 6.84. The number of amides is 1. The van der Waals surface area contributed by atoms with Crippen molar-refractivity contribution in [2.45, 2.75) is 13.5 Å². The van der Waals surface area contributed by atoms with Gasteiger partial charge in [-0.25, -0.2) is 4.98 Å². The van der Waals surface area contributed by atoms with E-state index in [0.29, 0.717) is 18.0 Å². The Labute approximate surface area is 144 Å². The molecule has 0 radical (unpaired) electrons. The molecule has 0 aliphatic heterocycles. The molecule has 24 heavy (non-hydrogen) atoms. The largest absolute Gasteiger partial charge is 0.479 e. The maximum Gasteiger partial charge on any atom is 0.258 e. The first-order valence-corrected chi connectivity index (χ1v) is 8.27. The van der Waals surface area contributed by atoms with Gasteiger partial charge < -0.3 is 10.1 Å². The van der Waals surface area contributed by atoms with Gasteiger partial charge in [-0.15, -0.1) is 16.4 Å². The van der Waals surface area contributed by atoms with Crippen LogP contribution in [0.25, 0.3) is 10.6 Å². The predicted octanol–water partition coefficient (Wildman–Crippen LogP) is 2.79. The Balaban J connectivity index is 1.73. The van der Waals surface area contributed by atoms with Gasteiger partial charge in [0.15, 0.2) is 0 Å². The molecule has 124 valence electrons. The molecule has 0 aliphatic rings. The molecule has 1 amide bonds. The average Bonchev–Trinajstić information content (AvgIpc) is 3.16. The van der Waals surface area contributed by atoms with Crippen LogP contribution in [0.15, 0.2) is 36.5 Å². The predicted molar refractivity (Wildman–Crippen MR) is 93.2 cm³/mol. The van der Waals surface area contributed by atoms with Crippen molar-refractivity contribution in [3.05, 3.63) is 52.7 Å². The monoisotopic (exact) mass is 342 g/mol. The van der Waals surface area contributed by atoms with Crippen molar-refractivity contribution in [1.29, 1.82) is 0 Å². The Hall–Kier alpha value is -2.67. The number of hydrogen-bond acceptors (Lipinski definition) is 5. The molecule has 3 aromatic rings. The number of benzene rings is 1. The summed E-state index contributed by atoms with van der Waals surface area (Å²) in [4.78, 5) is 18.0. The summed E-state index contributed by atoms with van der Waals surface area (Å²) in [6.07, 6.45) is 1.64. The Morgan fingerprint density at radius 3 is 2.79 bits per heavy atom. The van der Waals surface area contributed by atoms with E-state index in [-0.39, 0.29) is 5.91 Å². The van der Waals surface area contributed by atoms with Gasteiger partial charge in [0, 0.05) is 23.7 Å². The van der Waals surface area contributed by atoms with Crippen LogP contribution in [0.2, 0.25) is 0 Å². The van der Waals surface area contributed by atoms with Crippen LogP contribution in [0.1, 0.15) is 20.9 Å². The third-order valence-electron chi connectivity index (χ3n) is 3.56. The van der Waals surface area contributed by atoms with Crippen LogP contribution < -0.4 is 10.1 Å². The zero-order valence-electron chi connectivity index (χ0n) is 13.7. The minimum atomic E-state index is -0.214. The van der Waals surface area contributed by atoms with Crippen LogP contribution in [0.4, 0.5) is 0 Å². The average molecular weight is 342 g/mol. The molecule has 0 unspecified atom stereocenters. The Kier molecular flexibility index (Phi) is 4.61. The number of carbonyl (C=O) groups excluding carboxylic acids is 1. The highest BCUT2D eigenvalue weighted by atomic mass is 32.1. The van der Waals surface area contributed by atoms with Gasteiger partial charge >= 0.3 is 0 Å². The molecule has 6 nitrogen and oxygen atoms in total. The fraction of sp³-hybridized carbons (Fsp3) is 0.235. The molecule has 0 saturated carbocycles. The molecule has 1 aromatic carbocycles. The van der Waals surface area contributed by atoms with E-state index in [9.17, 15) is 4.79 Å². The number of thiazole rings is 1. The minimum Gasteiger partial charge on any atom is -0.479 e. The summed E-state index contributed by atoms with van der Waals surface area (Å²) in [7, 11) is 3.25. The van der Waals surface area contributed by atoms with Crippen molar-refractivity contribution in [2.24, 2.45) is 7.05 Å². The first-order chi connectivity index (χ1) is 11.6. The lowest BCUT2D eigenvalue weighted by atomic mass is 10.2. The summed E-state index contributed by atoms with van der Waals surface area (Å²) in [6.45, 7) is 2.38. The van der Waals surface area contributed by atoms with Gasteiger partial charge in [-0.05, 0) is 6.92 Å². The molecule has 3 rings (SSSR count). The molecule has 0 spiro atoms. The van der Waals surface area contributed by atoms with Crippen LogP contribution in [0.3, 0.4) is 0 Å². The van der Waals surface area contributed by atoms with Crippen molar-refractivity contribution in [2.75, 3.05) is 7.11 Å². The molecule has 0 fully saturated rings. The quantitative estimate of drug-likeness (QED) is 0.774. The molecule has 2 aromatic heterocycles. The first kappa shape index (κ1) is 16.2. The van der Waals surface area contributed by atoms with E-state index in [4.69, 9.17) is 4.74 Å². The van der Waals surface area contributed by atoms with Crippen LogP contribution in [-0.4, -0.2) is 27.8 Å². The minimum absolute atomic E-state index is 0.214. The highest BCUT2D eigenvalue weighted by Gasteiger charge is 2.17. The summed E-state index contributed by atoms with van der Waals surface area (Å²) in [5.74, 6) is 0.106. The number of aryl methyl sites for hydroxylation is 2. The van der Waals surface area contributed by atoms with Gasteiger partial charge in [0.05, 0.1) is 19.3 Å². The summed E-state index contributed by atoms with van der Waals surface area (Å²) in [5, 5.41) is 7.95. The smallest absolute Gasteiger partial charge is 0.258 e. The standard InChI is InChI=1S/C17H18N4O2S/c1-11-14(24-17(19-11)12-7-5-4-6-8-12)9-18-15(22)13-10-21(2)20-16(13)23-3/h4-8,10H,9H2,1-3H3,(H,18,22). The highest BCUT2D eigenvalue weighted by Crippen LogP contribution is 2.27. The fourth-order valence-corrected chi connectivity index (χ4v) is 3.33. The maximum atomic E-state index is 12.3. The molecule has 0 aliphatic carbocycles. The Morgan fingerprint density at radius 2 is 2.08 bits per heavy atom. The lowest BCUT2D eigenvalue weighted by Crippen LogP contribution is -2.22. The van der Waals surface area contributed by atoms with E-state index in [1.54, 1.807) is 29.3 Å². The summed E-state index contributed by atoms with van der Waals surface area (Å²) in [6, 6.07) is 10.0. The maximum absolute atomic E-state index is 12.3. The van der Waals surface area contributed by atoms with Crippen LogP contribution in [-0.2, 0) is 13.6 Å². The molecule has 0 saturated heterocycles. The van der Waals surface area contributed by atoms with Gasteiger partial charge in [-0.1, -0.05) is 30.3 Å². The number of nitrogens with one attached hydrogen (secondary N) is 1. The number of hydrogen-bond donors (Lipinski definition) is 1. The molecule has 0 bridgehead atoms. The zero-order chi connectivity index (χ0) is 17.1. The zero-order valence-corrected chi connectivity index (χ0v) is 14.6. The molecular formula is C17H18N4O2S. The van der Waals surface area contributed by atoms with Crippen LogP contribution >= 0.6 is 11.3 Å². The van der Waals surface area contributed by atoms with Crippen molar-refractivity contribution in [1.82, 2.24) is 20.1 Å². The molecule has 0 atom stereocenters. The molecule has 7 heteroatoms. The summed E-state index contributed by atoms with van der Waals surface area (Å²) < 4.78 is 6.68. The number of rotatable bonds is 5. The third-order valence-corrected chi connectivity index (χ3v) is 4.76. The van der Waals surface area contributed by atoms with E-state index >= 15 is 0 Å². The summed E-state index contributed by atoms with van der Waals surface area (Å²) >= 11 is 1.59. The number of methoxy groups -OCH3 is 1. The van der Waals surface area contributed by atoms with Gasteiger partial charge in [-0.3, -0.25) is 9.48 Å². The van der Waals surface area contributed by atoms with Gasteiger partial charge in [-0.2, -0.15) is 0 Å². The molecular weight excluding hydrogens is 324 g/mol. The lowest BCUT2D eigenvalue weighted by molar-refractivity contribution is 0.0948. The number of carbonyl (C=O) groups is 1. The number of nitrogens with zero attached hydrogens (tertiary/aromatic N) is 3.